The van der Waals surface area contributed by atoms with E-state index in [1.807, 2.05) is 12.5 Å². The number of methoxy groups -OCH3 is 1. The summed E-state index contributed by atoms with van der Waals surface area (Å²) < 4.78 is 34.7. The first-order valence-electron chi connectivity index (χ1n) is 10.7. The van der Waals surface area contributed by atoms with Crippen molar-refractivity contribution in [1.82, 2.24) is 19.6 Å². The first-order chi connectivity index (χ1) is 15.3. The van der Waals surface area contributed by atoms with Gasteiger partial charge >= 0.3 is 0 Å². The smallest absolute Gasteiger partial charge is 0.240 e. The fourth-order valence-corrected chi connectivity index (χ4v) is 4.47. The van der Waals surface area contributed by atoms with Crippen molar-refractivity contribution in [2.24, 2.45) is 0 Å². The molecule has 172 valence electrons. The molecule has 0 amide bonds. The van der Waals surface area contributed by atoms with Gasteiger partial charge in [0.25, 0.3) is 0 Å². The van der Waals surface area contributed by atoms with Gasteiger partial charge in [-0.25, -0.2) is 18.1 Å². The Hall–Kier alpha value is -2.68. The minimum absolute atomic E-state index is 0.149. The lowest BCUT2D eigenvalue weighted by Gasteiger charge is -2.27. The number of benzene rings is 2. The minimum Gasteiger partial charge on any atom is -0.497 e. The Balaban J connectivity index is 1.46. The van der Waals surface area contributed by atoms with Crippen LogP contribution in [0.1, 0.15) is 31.4 Å². The van der Waals surface area contributed by atoms with E-state index in [1.54, 1.807) is 37.6 Å². The van der Waals surface area contributed by atoms with Crippen molar-refractivity contribution in [2.75, 3.05) is 20.2 Å². The van der Waals surface area contributed by atoms with Crippen molar-refractivity contribution in [1.29, 1.82) is 0 Å². The Bertz CT molecular complexity index is 1060. The molecule has 1 heterocycles. The van der Waals surface area contributed by atoms with Crippen molar-refractivity contribution in [3.63, 3.8) is 0 Å². The Morgan fingerprint density at radius 1 is 1.03 bits per heavy atom. The second kappa shape index (κ2) is 10.8. The van der Waals surface area contributed by atoms with Gasteiger partial charge in [0.2, 0.25) is 10.0 Å². The first-order valence-corrected chi connectivity index (χ1v) is 12.2. The molecule has 0 saturated heterocycles. The highest BCUT2D eigenvalue weighted by Gasteiger charge is 2.19. The van der Waals surface area contributed by atoms with Gasteiger partial charge in [-0.15, -0.1) is 0 Å². The number of ether oxygens (including phenoxy) is 1. The van der Waals surface area contributed by atoms with Crippen LogP contribution in [0, 0.1) is 0 Å². The van der Waals surface area contributed by atoms with Crippen LogP contribution in [-0.4, -0.2) is 38.2 Å². The number of aryl methyl sites for hydroxylation is 1. The number of nitrogens with zero attached hydrogens (tertiary/aromatic N) is 2. The van der Waals surface area contributed by atoms with Crippen LogP contribution in [0.4, 0.5) is 0 Å². The number of hydrogen-bond acceptors (Lipinski definition) is 5. The molecule has 0 aliphatic heterocycles. The molecule has 1 aromatic heterocycles. The maximum Gasteiger partial charge on any atom is 0.240 e. The third-order valence-corrected chi connectivity index (χ3v) is 6.95. The topological polar surface area (TPSA) is 85.3 Å². The minimum atomic E-state index is -3.54. The summed E-state index contributed by atoms with van der Waals surface area (Å²) in [7, 11) is -1.99. The summed E-state index contributed by atoms with van der Waals surface area (Å²) in [6.45, 7) is 6.52. The van der Waals surface area contributed by atoms with Gasteiger partial charge in [0.15, 0.2) is 0 Å². The monoisotopic (exact) mass is 456 g/mol. The number of imidazole rings is 1. The Kier molecular flexibility index (Phi) is 8.06. The zero-order valence-electron chi connectivity index (χ0n) is 18.9. The van der Waals surface area contributed by atoms with Crippen molar-refractivity contribution in [3.05, 3.63) is 78.4 Å². The molecule has 0 bridgehead atoms. The van der Waals surface area contributed by atoms with Crippen LogP contribution in [0.2, 0.25) is 0 Å². The molecule has 0 atom stereocenters. The number of nitrogens with one attached hydrogen (secondary N) is 2. The maximum absolute atomic E-state index is 12.4. The lowest BCUT2D eigenvalue weighted by Crippen LogP contribution is -2.37. The zero-order valence-corrected chi connectivity index (χ0v) is 19.7. The summed E-state index contributed by atoms with van der Waals surface area (Å²) in [5.74, 6) is 0.625. The van der Waals surface area contributed by atoms with E-state index < -0.39 is 10.0 Å². The number of rotatable bonds is 12. The molecule has 0 unspecified atom stereocenters. The van der Waals surface area contributed by atoms with Crippen LogP contribution in [-0.2, 0) is 28.5 Å². The largest absolute Gasteiger partial charge is 0.497 e. The van der Waals surface area contributed by atoms with E-state index in [4.69, 9.17) is 4.74 Å². The molecule has 2 aromatic carbocycles. The molecule has 32 heavy (non-hydrogen) atoms. The molecule has 0 spiro atoms. The Morgan fingerprint density at radius 2 is 1.75 bits per heavy atom. The van der Waals surface area contributed by atoms with Crippen LogP contribution in [0.25, 0.3) is 0 Å². The van der Waals surface area contributed by atoms with E-state index in [0.29, 0.717) is 18.7 Å². The molecular weight excluding hydrogens is 424 g/mol. The van der Waals surface area contributed by atoms with Gasteiger partial charge in [-0.1, -0.05) is 24.3 Å². The SMILES string of the molecule is COc1ccc(S(=O)(=O)NCCc2ccc(C(C)(C)NCCCn3ccnc3)cc2)cc1. The van der Waals surface area contributed by atoms with Crippen LogP contribution >= 0.6 is 0 Å². The average Bonchev–Trinajstić information content (AvgIpc) is 3.31. The third kappa shape index (κ3) is 6.66. The predicted octanol–water partition coefficient (Wildman–Crippen LogP) is 3.33. The van der Waals surface area contributed by atoms with Crippen LogP contribution in [0.5, 0.6) is 5.75 Å². The summed E-state index contributed by atoms with van der Waals surface area (Å²) in [5, 5.41) is 3.61. The first kappa shape index (κ1) is 24.0. The summed E-state index contributed by atoms with van der Waals surface area (Å²) in [6.07, 6.45) is 7.24. The highest BCUT2D eigenvalue weighted by molar-refractivity contribution is 7.89. The fraction of sp³-hybridized carbons (Fsp3) is 0.375. The van der Waals surface area contributed by atoms with Crippen molar-refractivity contribution < 1.29 is 13.2 Å². The van der Waals surface area contributed by atoms with E-state index >= 15 is 0 Å². The average molecular weight is 457 g/mol. The predicted molar refractivity (Wildman–Crippen MR) is 126 cm³/mol. The van der Waals surface area contributed by atoms with Crippen molar-refractivity contribution in [2.45, 2.75) is 43.7 Å². The summed E-state index contributed by atoms with van der Waals surface area (Å²) in [5.41, 5.74) is 2.13. The number of hydrogen-bond donors (Lipinski definition) is 2. The van der Waals surface area contributed by atoms with Crippen molar-refractivity contribution in [3.8, 4) is 5.75 Å². The maximum atomic E-state index is 12.4. The van der Waals surface area contributed by atoms with E-state index in [-0.39, 0.29) is 10.4 Å². The molecule has 0 aliphatic carbocycles. The highest BCUT2D eigenvalue weighted by Crippen LogP contribution is 2.21. The normalized spacial score (nSPS) is 12.1. The van der Waals surface area contributed by atoms with E-state index in [1.165, 1.54) is 5.56 Å². The van der Waals surface area contributed by atoms with Crippen molar-refractivity contribution >= 4 is 10.0 Å². The van der Waals surface area contributed by atoms with Gasteiger partial charge in [0.05, 0.1) is 18.3 Å². The molecule has 3 rings (SSSR count). The third-order valence-electron chi connectivity index (χ3n) is 5.47. The van der Waals surface area contributed by atoms with Gasteiger partial charge in [0, 0.05) is 31.0 Å². The van der Waals surface area contributed by atoms with E-state index in [9.17, 15) is 8.42 Å². The lowest BCUT2D eigenvalue weighted by atomic mass is 9.93. The Morgan fingerprint density at radius 3 is 2.38 bits per heavy atom. The van der Waals surface area contributed by atoms with Crippen LogP contribution < -0.4 is 14.8 Å². The quantitative estimate of drug-likeness (QED) is 0.409. The molecule has 2 N–H and O–H groups in total. The second-order valence-corrected chi connectivity index (χ2v) is 9.99. The number of aromatic nitrogens is 2. The summed E-state index contributed by atoms with van der Waals surface area (Å²) in [4.78, 5) is 4.29. The van der Waals surface area contributed by atoms with E-state index in [0.717, 1.165) is 25.1 Å². The second-order valence-electron chi connectivity index (χ2n) is 8.23. The fourth-order valence-electron chi connectivity index (χ4n) is 3.44. The molecular formula is C24H32N4O3S. The van der Waals surface area contributed by atoms with Gasteiger partial charge < -0.3 is 14.6 Å². The van der Waals surface area contributed by atoms with Crippen LogP contribution in [0.15, 0.2) is 72.1 Å². The molecule has 7 nitrogen and oxygen atoms in total. The lowest BCUT2D eigenvalue weighted by molar-refractivity contribution is 0.393. The molecule has 8 heteroatoms. The Labute approximate surface area is 190 Å². The molecule has 3 aromatic rings. The van der Waals surface area contributed by atoms with Gasteiger partial charge in [-0.05, 0) is 68.6 Å². The molecule has 0 saturated carbocycles. The molecule has 0 radical (unpaired) electrons. The highest BCUT2D eigenvalue weighted by atomic mass is 32.2. The molecule has 0 fully saturated rings. The zero-order chi connectivity index (χ0) is 23.0. The standard InChI is InChI=1S/C24H32N4O3S/c1-24(2,26-14-4-17-28-18-16-25-19-28)21-7-5-20(6-8-21)13-15-27-32(29,30)23-11-9-22(31-3)10-12-23/h5-12,16,18-19,26-27H,4,13-15,17H2,1-3H3. The summed E-state index contributed by atoms with van der Waals surface area (Å²) >= 11 is 0. The van der Waals surface area contributed by atoms with Gasteiger partial charge in [0.1, 0.15) is 5.75 Å². The van der Waals surface area contributed by atoms with Gasteiger partial charge in [-0.2, -0.15) is 0 Å². The molecule has 0 aliphatic rings. The van der Waals surface area contributed by atoms with Gasteiger partial charge in [-0.3, -0.25) is 0 Å². The number of sulfonamides is 1. The van der Waals surface area contributed by atoms with E-state index in [2.05, 4.69) is 57.7 Å². The summed E-state index contributed by atoms with van der Waals surface area (Å²) in [6, 6.07) is 14.7. The van der Waals surface area contributed by atoms with Crippen LogP contribution in [0.3, 0.4) is 0 Å².